The standard InChI is InChI=1S/C15H26N2O3/c1-15(2)19-12-14(20-15)7-8-17-11-13(10-16-17)6-4-3-5-9-18/h10-11,14,18H,3-9,12H2,1-2H3. The monoisotopic (exact) mass is 282 g/mol. The summed E-state index contributed by atoms with van der Waals surface area (Å²) in [5.74, 6) is -0.438. The molecule has 5 nitrogen and oxygen atoms in total. The van der Waals surface area contributed by atoms with Crippen molar-refractivity contribution in [3.05, 3.63) is 18.0 Å². The average Bonchev–Trinajstić information content (AvgIpc) is 2.99. The average molecular weight is 282 g/mol. The molecule has 20 heavy (non-hydrogen) atoms. The number of hydrogen-bond acceptors (Lipinski definition) is 4. The minimum absolute atomic E-state index is 0.169. The van der Waals surface area contributed by atoms with Crippen LogP contribution in [0.2, 0.25) is 0 Å². The summed E-state index contributed by atoms with van der Waals surface area (Å²) in [5, 5.41) is 13.1. The molecular formula is C15H26N2O3. The van der Waals surface area contributed by atoms with Gasteiger partial charge in [-0.2, -0.15) is 5.10 Å². The summed E-state index contributed by atoms with van der Waals surface area (Å²) >= 11 is 0. The predicted molar refractivity (Wildman–Crippen MR) is 76.4 cm³/mol. The van der Waals surface area contributed by atoms with E-state index in [1.54, 1.807) is 0 Å². The first-order valence-corrected chi connectivity index (χ1v) is 7.53. The van der Waals surface area contributed by atoms with Crippen LogP contribution < -0.4 is 0 Å². The zero-order valence-corrected chi connectivity index (χ0v) is 12.5. The second kappa shape index (κ2) is 7.20. The fourth-order valence-corrected chi connectivity index (χ4v) is 2.46. The quantitative estimate of drug-likeness (QED) is 0.742. The lowest BCUT2D eigenvalue weighted by Crippen LogP contribution is -2.22. The Morgan fingerprint density at radius 3 is 2.95 bits per heavy atom. The normalized spacial score (nSPS) is 21.4. The molecule has 0 spiro atoms. The maximum Gasteiger partial charge on any atom is 0.163 e. The molecule has 0 radical (unpaired) electrons. The minimum Gasteiger partial charge on any atom is -0.396 e. The fourth-order valence-electron chi connectivity index (χ4n) is 2.46. The first kappa shape index (κ1) is 15.5. The van der Waals surface area contributed by atoms with Gasteiger partial charge in [0.05, 0.1) is 18.9 Å². The molecule has 1 saturated heterocycles. The molecule has 1 fully saturated rings. The van der Waals surface area contributed by atoms with E-state index in [2.05, 4.69) is 11.3 Å². The van der Waals surface area contributed by atoms with Crippen LogP contribution in [0.1, 0.15) is 45.1 Å². The predicted octanol–water partition coefficient (Wildman–Crippen LogP) is 2.13. The van der Waals surface area contributed by atoms with Crippen molar-refractivity contribution >= 4 is 0 Å². The Bertz CT molecular complexity index is 404. The van der Waals surface area contributed by atoms with Gasteiger partial charge in [0.2, 0.25) is 0 Å². The molecule has 1 aromatic heterocycles. The smallest absolute Gasteiger partial charge is 0.163 e. The molecule has 0 amide bonds. The largest absolute Gasteiger partial charge is 0.396 e. The summed E-state index contributed by atoms with van der Waals surface area (Å²) in [6.07, 6.45) is 9.26. The molecular weight excluding hydrogens is 256 g/mol. The molecule has 5 heteroatoms. The van der Waals surface area contributed by atoms with Crippen LogP contribution in [0.25, 0.3) is 0 Å². The lowest BCUT2D eigenvalue weighted by atomic mass is 10.1. The number of unbranched alkanes of at least 4 members (excludes halogenated alkanes) is 2. The van der Waals surface area contributed by atoms with E-state index in [1.165, 1.54) is 5.56 Å². The first-order chi connectivity index (χ1) is 9.59. The van der Waals surface area contributed by atoms with E-state index in [9.17, 15) is 0 Å². The molecule has 1 aliphatic heterocycles. The number of aliphatic hydroxyl groups is 1. The third-order valence-electron chi connectivity index (χ3n) is 3.56. The number of rotatable bonds is 8. The summed E-state index contributed by atoms with van der Waals surface area (Å²) in [6, 6.07) is 0. The second-order valence-corrected chi connectivity index (χ2v) is 5.89. The second-order valence-electron chi connectivity index (χ2n) is 5.89. The van der Waals surface area contributed by atoms with E-state index >= 15 is 0 Å². The molecule has 1 aliphatic rings. The Morgan fingerprint density at radius 2 is 2.25 bits per heavy atom. The Hall–Kier alpha value is -0.910. The molecule has 114 valence electrons. The van der Waals surface area contributed by atoms with E-state index in [1.807, 2.05) is 24.7 Å². The van der Waals surface area contributed by atoms with Crippen molar-refractivity contribution in [2.75, 3.05) is 13.2 Å². The van der Waals surface area contributed by atoms with Gasteiger partial charge in [0.25, 0.3) is 0 Å². The van der Waals surface area contributed by atoms with Gasteiger partial charge < -0.3 is 14.6 Å². The van der Waals surface area contributed by atoms with Crippen molar-refractivity contribution in [2.45, 2.75) is 64.4 Å². The van der Waals surface area contributed by atoms with Crippen LogP contribution >= 0.6 is 0 Å². The molecule has 0 aromatic carbocycles. The van der Waals surface area contributed by atoms with Crippen molar-refractivity contribution in [1.82, 2.24) is 9.78 Å². The summed E-state index contributed by atoms with van der Waals surface area (Å²) in [7, 11) is 0. The zero-order chi connectivity index (χ0) is 14.4. The van der Waals surface area contributed by atoms with E-state index < -0.39 is 5.79 Å². The van der Waals surface area contributed by atoms with Crippen LogP contribution in [0, 0.1) is 0 Å². The molecule has 2 rings (SSSR count). The van der Waals surface area contributed by atoms with Crippen molar-refractivity contribution in [3.63, 3.8) is 0 Å². The highest BCUT2D eigenvalue weighted by Gasteiger charge is 2.32. The van der Waals surface area contributed by atoms with Gasteiger partial charge in [-0.05, 0) is 45.1 Å². The first-order valence-electron chi connectivity index (χ1n) is 7.53. The lowest BCUT2D eigenvalue weighted by molar-refractivity contribution is -0.139. The number of nitrogens with zero attached hydrogens (tertiary/aromatic N) is 2. The van der Waals surface area contributed by atoms with Gasteiger partial charge >= 0.3 is 0 Å². The number of hydrogen-bond donors (Lipinski definition) is 1. The Balaban J connectivity index is 1.68. The molecule has 1 atom stereocenters. The van der Waals surface area contributed by atoms with Crippen LogP contribution in [0.4, 0.5) is 0 Å². The van der Waals surface area contributed by atoms with E-state index in [0.717, 1.165) is 38.6 Å². The van der Waals surface area contributed by atoms with Crippen molar-refractivity contribution in [1.29, 1.82) is 0 Å². The fraction of sp³-hybridized carbons (Fsp3) is 0.800. The third kappa shape index (κ3) is 4.89. The van der Waals surface area contributed by atoms with Crippen LogP contribution in [-0.4, -0.2) is 40.0 Å². The van der Waals surface area contributed by atoms with E-state index in [0.29, 0.717) is 13.2 Å². The van der Waals surface area contributed by atoms with Crippen LogP contribution in [0.3, 0.4) is 0 Å². The van der Waals surface area contributed by atoms with Crippen molar-refractivity contribution in [3.8, 4) is 0 Å². The van der Waals surface area contributed by atoms with Gasteiger partial charge in [-0.25, -0.2) is 0 Å². The Labute approximate surface area is 120 Å². The number of aromatic nitrogens is 2. The van der Waals surface area contributed by atoms with Crippen LogP contribution in [0.15, 0.2) is 12.4 Å². The molecule has 1 N–H and O–H groups in total. The van der Waals surface area contributed by atoms with Crippen LogP contribution in [-0.2, 0) is 22.4 Å². The molecule has 0 bridgehead atoms. The highest BCUT2D eigenvalue weighted by atomic mass is 16.7. The van der Waals surface area contributed by atoms with Gasteiger partial charge in [-0.3, -0.25) is 4.68 Å². The van der Waals surface area contributed by atoms with Gasteiger partial charge in [-0.1, -0.05) is 6.42 Å². The van der Waals surface area contributed by atoms with E-state index in [-0.39, 0.29) is 6.10 Å². The molecule has 0 aliphatic carbocycles. The molecule has 2 heterocycles. The Morgan fingerprint density at radius 1 is 1.40 bits per heavy atom. The highest BCUT2D eigenvalue weighted by molar-refractivity contribution is 5.03. The third-order valence-corrected chi connectivity index (χ3v) is 3.56. The summed E-state index contributed by atoms with van der Waals surface area (Å²) < 4.78 is 13.3. The summed E-state index contributed by atoms with van der Waals surface area (Å²) in [5.41, 5.74) is 1.27. The molecule has 1 unspecified atom stereocenters. The maximum absolute atomic E-state index is 8.74. The number of aliphatic hydroxyl groups excluding tert-OH is 1. The van der Waals surface area contributed by atoms with Gasteiger partial charge in [-0.15, -0.1) is 0 Å². The topological polar surface area (TPSA) is 56.5 Å². The molecule has 1 aromatic rings. The summed E-state index contributed by atoms with van der Waals surface area (Å²) in [4.78, 5) is 0. The van der Waals surface area contributed by atoms with Crippen molar-refractivity contribution < 1.29 is 14.6 Å². The van der Waals surface area contributed by atoms with Crippen molar-refractivity contribution in [2.24, 2.45) is 0 Å². The molecule has 0 saturated carbocycles. The van der Waals surface area contributed by atoms with Crippen LogP contribution in [0.5, 0.6) is 0 Å². The number of aryl methyl sites for hydroxylation is 2. The highest BCUT2D eigenvalue weighted by Crippen LogP contribution is 2.24. The Kier molecular flexibility index (Phi) is 5.57. The minimum atomic E-state index is -0.438. The number of ether oxygens (including phenoxy) is 2. The van der Waals surface area contributed by atoms with Gasteiger partial charge in [0.15, 0.2) is 5.79 Å². The van der Waals surface area contributed by atoms with Gasteiger partial charge in [0.1, 0.15) is 0 Å². The maximum atomic E-state index is 8.74. The zero-order valence-electron chi connectivity index (χ0n) is 12.5. The van der Waals surface area contributed by atoms with Gasteiger partial charge in [0, 0.05) is 19.3 Å². The van der Waals surface area contributed by atoms with E-state index in [4.69, 9.17) is 14.6 Å². The summed E-state index contributed by atoms with van der Waals surface area (Å²) in [6.45, 7) is 5.72. The SMILES string of the molecule is CC1(C)OCC(CCn2cc(CCCCCO)cn2)O1. The lowest BCUT2D eigenvalue weighted by Gasteiger charge is -2.16.